The van der Waals surface area contributed by atoms with E-state index in [0.717, 1.165) is 6.92 Å². The van der Waals surface area contributed by atoms with Crippen LogP contribution in [0.4, 0.5) is 0 Å². The molecule has 0 aromatic rings. The van der Waals surface area contributed by atoms with Crippen molar-refractivity contribution < 1.29 is 49.0 Å². The number of aliphatic carboxylic acids is 1. The molecule has 0 saturated carbocycles. The summed E-state index contributed by atoms with van der Waals surface area (Å²) in [5.74, 6) is -2.01. The monoisotopic (exact) mass is 140 g/mol. The summed E-state index contributed by atoms with van der Waals surface area (Å²) in [4.78, 5) is 19.4. The molecule has 0 aliphatic heterocycles. The number of rotatable bonds is 2. The number of carbonyl (C=O) groups is 2. The van der Waals surface area contributed by atoms with Crippen molar-refractivity contribution in [1.82, 2.24) is 0 Å². The number of carbonyl (C=O) groups excluding carboxylic acids is 2. The third-order valence-corrected chi connectivity index (χ3v) is 0.393. The Morgan fingerprint density at radius 3 is 2.11 bits per heavy atom. The van der Waals surface area contributed by atoms with Crippen molar-refractivity contribution in [2.75, 3.05) is 6.61 Å². The van der Waals surface area contributed by atoms with E-state index in [1.807, 2.05) is 0 Å². The number of carboxylic acids is 1. The molecular weight excluding hydrogens is 135 g/mol. The first kappa shape index (κ1) is 11.7. The first-order valence-electron chi connectivity index (χ1n) is 1.96. The summed E-state index contributed by atoms with van der Waals surface area (Å²) in [5, 5.41) is 9.52. The molecule has 5 heteroatoms. The summed E-state index contributed by atoms with van der Waals surface area (Å²) >= 11 is 0. The molecule has 0 unspecified atom stereocenters. The predicted molar refractivity (Wildman–Crippen MR) is 21.6 cm³/mol. The van der Waals surface area contributed by atoms with Crippen molar-refractivity contribution in [2.24, 2.45) is 0 Å². The topological polar surface area (TPSA) is 66.4 Å². The van der Waals surface area contributed by atoms with Crippen LogP contribution in [-0.2, 0) is 14.3 Å². The van der Waals surface area contributed by atoms with Crippen LogP contribution >= 0.6 is 0 Å². The van der Waals surface area contributed by atoms with Gasteiger partial charge in [0.1, 0.15) is 6.61 Å². The molecule has 0 spiro atoms. The van der Waals surface area contributed by atoms with Gasteiger partial charge in [0.25, 0.3) is 0 Å². The Balaban J connectivity index is 0. The van der Waals surface area contributed by atoms with E-state index in [9.17, 15) is 14.7 Å². The van der Waals surface area contributed by atoms with Gasteiger partial charge < -0.3 is 14.6 Å². The van der Waals surface area contributed by atoms with Gasteiger partial charge in [0, 0.05) is 6.92 Å². The van der Waals surface area contributed by atoms with Crippen LogP contribution in [0.25, 0.3) is 0 Å². The number of esters is 1. The molecule has 0 N–H and O–H groups in total. The van der Waals surface area contributed by atoms with Crippen LogP contribution in [-0.4, -0.2) is 18.5 Å². The zero-order valence-electron chi connectivity index (χ0n) is 5.34. The van der Waals surface area contributed by atoms with Crippen molar-refractivity contribution in [2.45, 2.75) is 6.92 Å². The molecule has 0 rings (SSSR count). The maximum atomic E-state index is 9.83. The van der Waals surface area contributed by atoms with Gasteiger partial charge in [-0.1, -0.05) is 0 Å². The molecule has 0 fully saturated rings. The quantitative estimate of drug-likeness (QED) is 0.285. The van der Waals surface area contributed by atoms with Crippen molar-refractivity contribution in [3.05, 3.63) is 0 Å². The molecule has 0 aromatic carbocycles. The van der Waals surface area contributed by atoms with E-state index in [-0.39, 0.29) is 29.6 Å². The number of carboxylic acid groups (broad SMARTS) is 1. The Hall–Kier alpha value is -0.0600. The Morgan fingerprint density at radius 2 is 2.00 bits per heavy atom. The molecule has 0 amide bonds. The standard InChI is InChI=1S/C4H6O4.Na/c1-3(5)8-2-4(6)7;/h2H2,1H3,(H,6,7);/q;+1/p-1. The number of ether oxygens (including phenoxy) is 1. The average molecular weight is 140 g/mol. The molecule has 0 bridgehead atoms. The fraction of sp³-hybridized carbons (Fsp3) is 0.500. The van der Waals surface area contributed by atoms with Gasteiger partial charge in [-0.2, -0.15) is 0 Å². The molecule has 0 aliphatic rings. The molecule has 46 valence electrons. The van der Waals surface area contributed by atoms with Crippen LogP contribution in [0, 0.1) is 0 Å². The van der Waals surface area contributed by atoms with Gasteiger partial charge in [-0.25, -0.2) is 0 Å². The Kier molecular flexibility index (Phi) is 7.89. The molecule has 0 atom stereocenters. The molecule has 0 aromatic heterocycles. The van der Waals surface area contributed by atoms with E-state index in [2.05, 4.69) is 4.74 Å². The zero-order chi connectivity index (χ0) is 6.57. The van der Waals surface area contributed by atoms with E-state index < -0.39 is 18.5 Å². The van der Waals surface area contributed by atoms with Gasteiger partial charge in [-0.3, -0.25) is 4.79 Å². The Bertz CT molecular complexity index is 97.1. The second kappa shape index (κ2) is 6.07. The molecule has 0 aliphatic carbocycles. The first-order chi connectivity index (χ1) is 3.63. The maximum absolute atomic E-state index is 9.83. The molecule has 4 nitrogen and oxygen atoms in total. The van der Waals surface area contributed by atoms with Crippen molar-refractivity contribution >= 4 is 11.9 Å². The second-order valence-electron chi connectivity index (χ2n) is 1.15. The summed E-state index contributed by atoms with van der Waals surface area (Å²) in [7, 11) is 0. The van der Waals surface area contributed by atoms with Crippen LogP contribution < -0.4 is 34.7 Å². The smallest absolute Gasteiger partial charge is 0.546 e. The van der Waals surface area contributed by atoms with Crippen LogP contribution in [0.2, 0.25) is 0 Å². The Morgan fingerprint density at radius 1 is 1.56 bits per heavy atom. The Labute approximate surface area is 74.5 Å². The van der Waals surface area contributed by atoms with Crippen molar-refractivity contribution in [3.63, 3.8) is 0 Å². The SMILES string of the molecule is CC(=O)OCC(=O)[O-].[Na+]. The summed E-state index contributed by atoms with van der Waals surface area (Å²) in [6.07, 6.45) is 0. The minimum atomic E-state index is -1.39. The molecule has 9 heavy (non-hydrogen) atoms. The minimum Gasteiger partial charge on any atom is -0.546 e. The average Bonchev–Trinajstić information content (AvgIpc) is 1.61. The molecule has 0 heterocycles. The van der Waals surface area contributed by atoms with Gasteiger partial charge in [0.2, 0.25) is 0 Å². The fourth-order valence-electron chi connectivity index (χ4n) is 0.161. The largest absolute Gasteiger partial charge is 1.00 e. The summed E-state index contributed by atoms with van der Waals surface area (Å²) < 4.78 is 4.00. The van der Waals surface area contributed by atoms with E-state index in [0.29, 0.717) is 0 Å². The summed E-state index contributed by atoms with van der Waals surface area (Å²) in [6.45, 7) is 0.471. The van der Waals surface area contributed by atoms with Crippen LogP contribution in [0.5, 0.6) is 0 Å². The maximum Gasteiger partial charge on any atom is 1.00 e. The molecule has 0 saturated heterocycles. The van der Waals surface area contributed by atoms with Crippen LogP contribution in [0.15, 0.2) is 0 Å². The van der Waals surface area contributed by atoms with Gasteiger partial charge in [-0.05, 0) is 0 Å². The van der Waals surface area contributed by atoms with Crippen LogP contribution in [0.3, 0.4) is 0 Å². The summed E-state index contributed by atoms with van der Waals surface area (Å²) in [5.41, 5.74) is 0. The van der Waals surface area contributed by atoms with Crippen molar-refractivity contribution in [1.29, 1.82) is 0 Å². The normalized spacial score (nSPS) is 7.22. The minimum absolute atomic E-state index is 0. The third kappa shape index (κ3) is 11.5. The molecular formula is C4H5NaO4. The van der Waals surface area contributed by atoms with Gasteiger partial charge >= 0.3 is 35.5 Å². The zero-order valence-corrected chi connectivity index (χ0v) is 7.34. The third-order valence-electron chi connectivity index (χ3n) is 0.393. The van der Waals surface area contributed by atoms with E-state index in [1.54, 1.807) is 0 Å². The number of hydrogen-bond acceptors (Lipinski definition) is 4. The first-order valence-corrected chi connectivity index (χ1v) is 1.96. The fourth-order valence-corrected chi connectivity index (χ4v) is 0.161. The summed E-state index contributed by atoms with van der Waals surface area (Å²) in [6, 6.07) is 0. The van der Waals surface area contributed by atoms with E-state index >= 15 is 0 Å². The van der Waals surface area contributed by atoms with Crippen LogP contribution in [0.1, 0.15) is 6.92 Å². The van der Waals surface area contributed by atoms with Gasteiger partial charge in [0.15, 0.2) is 0 Å². The predicted octanol–water partition coefficient (Wildman–Crippen LogP) is -4.70. The van der Waals surface area contributed by atoms with E-state index in [1.165, 1.54) is 0 Å². The number of hydrogen-bond donors (Lipinski definition) is 0. The van der Waals surface area contributed by atoms with Crippen molar-refractivity contribution in [3.8, 4) is 0 Å². The molecule has 0 radical (unpaired) electrons. The van der Waals surface area contributed by atoms with Gasteiger partial charge in [-0.15, -0.1) is 0 Å². The van der Waals surface area contributed by atoms with E-state index in [4.69, 9.17) is 0 Å². The second-order valence-corrected chi connectivity index (χ2v) is 1.15. The van der Waals surface area contributed by atoms with Gasteiger partial charge in [0.05, 0.1) is 5.97 Å².